The SMILES string of the molecule is Cc1ccccc1S(=O)CC(N)c1ccc(C(C)C)cc1. The van der Waals surface area contributed by atoms with Crippen molar-refractivity contribution in [2.45, 2.75) is 37.6 Å². The van der Waals surface area contributed by atoms with Crippen LogP contribution in [0.1, 0.15) is 42.5 Å². The van der Waals surface area contributed by atoms with Crippen LogP contribution in [0.3, 0.4) is 0 Å². The van der Waals surface area contributed by atoms with E-state index in [4.69, 9.17) is 5.73 Å². The van der Waals surface area contributed by atoms with Gasteiger partial charge in [0, 0.05) is 16.7 Å². The molecule has 0 heterocycles. The maximum absolute atomic E-state index is 12.5. The fraction of sp³-hybridized carbons (Fsp3) is 0.333. The Hall–Kier alpha value is -1.45. The molecular formula is C18H23NOS. The van der Waals surface area contributed by atoms with Crippen LogP contribution in [0.5, 0.6) is 0 Å². The zero-order chi connectivity index (χ0) is 15.4. The van der Waals surface area contributed by atoms with Crippen molar-refractivity contribution in [2.75, 3.05) is 5.75 Å². The molecule has 0 saturated carbocycles. The average molecular weight is 301 g/mol. The van der Waals surface area contributed by atoms with Gasteiger partial charge in [0.05, 0.1) is 10.8 Å². The van der Waals surface area contributed by atoms with Crippen LogP contribution in [-0.2, 0) is 10.8 Å². The van der Waals surface area contributed by atoms with Crippen molar-refractivity contribution >= 4 is 10.8 Å². The molecule has 2 rings (SSSR count). The van der Waals surface area contributed by atoms with Crippen LogP contribution in [0.4, 0.5) is 0 Å². The Morgan fingerprint density at radius 2 is 1.57 bits per heavy atom. The number of benzene rings is 2. The van der Waals surface area contributed by atoms with E-state index in [0.717, 1.165) is 16.0 Å². The molecule has 0 radical (unpaired) electrons. The fourth-order valence-corrected chi connectivity index (χ4v) is 3.64. The molecule has 0 bridgehead atoms. The van der Waals surface area contributed by atoms with Crippen LogP contribution in [-0.4, -0.2) is 9.96 Å². The highest BCUT2D eigenvalue weighted by atomic mass is 32.2. The first-order valence-corrected chi connectivity index (χ1v) is 8.60. The van der Waals surface area contributed by atoms with Gasteiger partial charge in [0.15, 0.2) is 0 Å². The van der Waals surface area contributed by atoms with Crippen molar-refractivity contribution in [3.8, 4) is 0 Å². The monoisotopic (exact) mass is 301 g/mol. The molecule has 0 aliphatic rings. The molecule has 0 amide bonds. The highest BCUT2D eigenvalue weighted by molar-refractivity contribution is 7.85. The molecule has 2 nitrogen and oxygen atoms in total. The highest BCUT2D eigenvalue weighted by Gasteiger charge is 2.13. The van der Waals surface area contributed by atoms with Gasteiger partial charge in [0.25, 0.3) is 0 Å². The van der Waals surface area contributed by atoms with Gasteiger partial charge in [-0.3, -0.25) is 4.21 Å². The molecule has 2 aromatic carbocycles. The molecule has 2 atom stereocenters. The second-order valence-corrected chi connectivity index (χ2v) is 7.17. The lowest BCUT2D eigenvalue weighted by atomic mass is 10.00. The second-order valence-electron chi connectivity index (χ2n) is 5.71. The normalized spacial score (nSPS) is 14.1. The summed E-state index contributed by atoms with van der Waals surface area (Å²) >= 11 is 0. The first-order chi connectivity index (χ1) is 9.99. The second kappa shape index (κ2) is 7.01. The molecule has 3 heteroatoms. The van der Waals surface area contributed by atoms with E-state index in [0.29, 0.717) is 11.7 Å². The van der Waals surface area contributed by atoms with Crippen molar-refractivity contribution < 1.29 is 4.21 Å². The van der Waals surface area contributed by atoms with E-state index in [1.54, 1.807) is 0 Å². The topological polar surface area (TPSA) is 43.1 Å². The van der Waals surface area contributed by atoms with Gasteiger partial charge < -0.3 is 5.73 Å². The predicted molar refractivity (Wildman–Crippen MR) is 89.9 cm³/mol. The van der Waals surface area contributed by atoms with Crippen LogP contribution < -0.4 is 5.73 Å². The lowest BCUT2D eigenvalue weighted by Crippen LogP contribution is -2.18. The summed E-state index contributed by atoms with van der Waals surface area (Å²) in [6.45, 7) is 6.32. The van der Waals surface area contributed by atoms with Gasteiger partial charge in [-0.25, -0.2) is 0 Å². The van der Waals surface area contributed by atoms with Gasteiger partial charge in [-0.1, -0.05) is 56.3 Å². The lowest BCUT2D eigenvalue weighted by Gasteiger charge is -2.14. The molecule has 21 heavy (non-hydrogen) atoms. The van der Waals surface area contributed by atoms with Crippen molar-refractivity contribution in [3.05, 3.63) is 65.2 Å². The van der Waals surface area contributed by atoms with E-state index in [-0.39, 0.29) is 6.04 Å². The van der Waals surface area contributed by atoms with Crippen molar-refractivity contribution in [1.82, 2.24) is 0 Å². The standard InChI is InChI=1S/C18H23NOS/c1-13(2)15-8-10-16(11-9-15)17(19)12-21(20)18-7-5-4-6-14(18)3/h4-11,13,17H,12,19H2,1-3H3. The van der Waals surface area contributed by atoms with Crippen molar-refractivity contribution in [2.24, 2.45) is 5.73 Å². The van der Waals surface area contributed by atoms with Gasteiger partial charge in [-0.05, 0) is 35.6 Å². The number of aryl methyl sites for hydroxylation is 1. The molecular weight excluding hydrogens is 278 g/mol. The molecule has 2 unspecified atom stereocenters. The molecule has 0 aliphatic heterocycles. The third-order valence-electron chi connectivity index (χ3n) is 3.70. The Bertz CT molecular complexity index is 619. The van der Waals surface area contributed by atoms with Crippen LogP contribution in [0.25, 0.3) is 0 Å². The lowest BCUT2D eigenvalue weighted by molar-refractivity contribution is 0.674. The number of hydrogen-bond acceptors (Lipinski definition) is 2. The highest BCUT2D eigenvalue weighted by Crippen LogP contribution is 2.20. The molecule has 0 aromatic heterocycles. The number of rotatable bonds is 5. The van der Waals surface area contributed by atoms with E-state index in [1.165, 1.54) is 5.56 Å². The third kappa shape index (κ3) is 4.02. The summed E-state index contributed by atoms with van der Waals surface area (Å²) in [6.07, 6.45) is 0. The van der Waals surface area contributed by atoms with Crippen molar-refractivity contribution in [1.29, 1.82) is 0 Å². The largest absolute Gasteiger partial charge is 0.323 e. The average Bonchev–Trinajstić information content (AvgIpc) is 2.47. The van der Waals surface area contributed by atoms with E-state index in [9.17, 15) is 4.21 Å². The van der Waals surface area contributed by atoms with Crippen LogP contribution in [0.2, 0.25) is 0 Å². The minimum atomic E-state index is -1.06. The van der Waals surface area contributed by atoms with Gasteiger partial charge in [0.2, 0.25) is 0 Å². The Kier molecular flexibility index (Phi) is 5.32. The molecule has 2 N–H and O–H groups in total. The molecule has 2 aromatic rings. The summed E-state index contributed by atoms with van der Waals surface area (Å²) in [5.41, 5.74) is 9.61. The summed E-state index contributed by atoms with van der Waals surface area (Å²) in [6, 6.07) is 15.9. The zero-order valence-corrected chi connectivity index (χ0v) is 13.7. The Balaban J connectivity index is 2.09. The zero-order valence-electron chi connectivity index (χ0n) is 12.9. The smallest absolute Gasteiger partial charge is 0.0551 e. The first kappa shape index (κ1) is 15.9. The Morgan fingerprint density at radius 1 is 1.00 bits per heavy atom. The fourth-order valence-electron chi connectivity index (χ4n) is 2.29. The Morgan fingerprint density at radius 3 is 2.14 bits per heavy atom. The quantitative estimate of drug-likeness (QED) is 0.909. The molecule has 112 valence electrons. The maximum atomic E-state index is 12.5. The molecule has 0 spiro atoms. The van der Waals surface area contributed by atoms with Gasteiger partial charge in [-0.2, -0.15) is 0 Å². The number of nitrogens with two attached hydrogens (primary N) is 1. The molecule has 0 saturated heterocycles. The van der Waals surface area contributed by atoms with E-state index < -0.39 is 10.8 Å². The summed E-state index contributed by atoms with van der Waals surface area (Å²) in [4.78, 5) is 0.881. The summed E-state index contributed by atoms with van der Waals surface area (Å²) in [5, 5.41) is 0. The molecule has 0 fully saturated rings. The minimum Gasteiger partial charge on any atom is -0.323 e. The van der Waals surface area contributed by atoms with E-state index >= 15 is 0 Å². The first-order valence-electron chi connectivity index (χ1n) is 7.28. The summed E-state index contributed by atoms with van der Waals surface area (Å²) in [5.74, 6) is 0.961. The summed E-state index contributed by atoms with van der Waals surface area (Å²) in [7, 11) is -1.06. The summed E-state index contributed by atoms with van der Waals surface area (Å²) < 4.78 is 12.5. The Labute approximate surface area is 129 Å². The number of hydrogen-bond donors (Lipinski definition) is 1. The van der Waals surface area contributed by atoms with E-state index in [2.05, 4.69) is 38.1 Å². The minimum absolute atomic E-state index is 0.202. The predicted octanol–water partition coefficient (Wildman–Crippen LogP) is 3.93. The van der Waals surface area contributed by atoms with Gasteiger partial charge >= 0.3 is 0 Å². The van der Waals surface area contributed by atoms with Gasteiger partial charge in [0.1, 0.15) is 0 Å². The van der Waals surface area contributed by atoms with Gasteiger partial charge in [-0.15, -0.1) is 0 Å². The molecule has 0 aliphatic carbocycles. The van der Waals surface area contributed by atoms with Crippen LogP contribution in [0.15, 0.2) is 53.4 Å². The van der Waals surface area contributed by atoms with E-state index in [1.807, 2.05) is 31.2 Å². The van der Waals surface area contributed by atoms with Crippen molar-refractivity contribution in [3.63, 3.8) is 0 Å². The third-order valence-corrected chi connectivity index (χ3v) is 5.31. The van der Waals surface area contributed by atoms with Crippen LogP contribution in [0, 0.1) is 6.92 Å². The van der Waals surface area contributed by atoms with Crippen LogP contribution >= 0.6 is 0 Å². The maximum Gasteiger partial charge on any atom is 0.0551 e.